The minimum Gasteiger partial charge on any atom is -0.407 e. The number of nitrogens with two attached hydrogens (primary N) is 2. The van der Waals surface area contributed by atoms with Gasteiger partial charge in [0, 0.05) is 25.2 Å². The molecule has 2 rings (SSSR count). The summed E-state index contributed by atoms with van der Waals surface area (Å²) < 4.78 is 11.7. The molecule has 140 valence electrons. The number of unbranched alkanes of at least 4 members (excludes halogenated alkanes) is 1. The van der Waals surface area contributed by atoms with Gasteiger partial charge in [-0.15, -0.1) is 0 Å². The molecule has 1 aromatic carbocycles. The Labute approximate surface area is 153 Å². The van der Waals surface area contributed by atoms with Gasteiger partial charge in [0.05, 0.1) is 0 Å². The fourth-order valence-corrected chi connectivity index (χ4v) is 2.99. The molecule has 1 heterocycles. The zero-order chi connectivity index (χ0) is 18.1. The average Bonchev–Trinajstić information content (AvgIpc) is 2.60. The molecule has 1 aliphatic rings. The van der Waals surface area contributed by atoms with Crippen molar-refractivity contribution < 1.29 is 9.31 Å². The van der Waals surface area contributed by atoms with E-state index in [9.17, 15) is 0 Å². The number of hydrogen-bond donors (Lipinski definition) is 2. The van der Waals surface area contributed by atoms with Gasteiger partial charge in [-0.2, -0.15) is 0 Å². The number of rotatable bonds is 10. The van der Waals surface area contributed by atoms with Gasteiger partial charge in [0.2, 0.25) is 0 Å². The van der Waals surface area contributed by atoms with Gasteiger partial charge in [-0.25, -0.2) is 0 Å². The van der Waals surface area contributed by atoms with Crippen molar-refractivity contribution >= 4 is 12.6 Å². The molecule has 0 amide bonds. The van der Waals surface area contributed by atoms with Crippen LogP contribution in [0.25, 0.3) is 0 Å². The molecule has 0 radical (unpaired) electrons. The van der Waals surface area contributed by atoms with Crippen molar-refractivity contribution in [3.8, 4) is 0 Å². The topological polar surface area (TPSA) is 73.7 Å². The minimum absolute atomic E-state index is 0.101. The van der Waals surface area contributed by atoms with Gasteiger partial charge in [0.15, 0.2) is 0 Å². The van der Waals surface area contributed by atoms with E-state index in [1.54, 1.807) is 0 Å². The molecule has 1 fully saturated rings. The highest BCUT2D eigenvalue weighted by atomic mass is 16.6. The second kappa shape index (κ2) is 10.3. The fourth-order valence-electron chi connectivity index (χ4n) is 2.99. The summed E-state index contributed by atoms with van der Waals surface area (Å²) in [7, 11) is -0.236. The zero-order valence-electron chi connectivity index (χ0n) is 15.9. The Morgan fingerprint density at radius 2 is 1.56 bits per heavy atom. The van der Waals surface area contributed by atoms with E-state index in [0.717, 1.165) is 70.7 Å². The Morgan fingerprint density at radius 1 is 0.960 bits per heavy atom. The molecular formula is C19H34BN3O2. The first kappa shape index (κ1) is 20.4. The maximum atomic E-state index is 5.86. The minimum atomic E-state index is -0.236. The third-order valence-corrected chi connectivity index (χ3v) is 4.52. The van der Waals surface area contributed by atoms with E-state index in [1.165, 1.54) is 5.56 Å². The summed E-state index contributed by atoms with van der Waals surface area (Å²) in [4.78, 5) is 2.47. The highest BCUT2D eigenvalue weighted by Gasteiger charge is 2.33. The highest BCUT2D eigenvalue weighted by Crippen LogP contribution is 2.21. The van der Waals surface area contributed by atoms with Crippen molar-refractivity contribution in [2.24, 2.45) is 16.9 Å². The van der Waals surface area contributed by atoms with Gasteiger partial charge in [-0.3, -0.25) is 4.90 Å². The monoisotopic (exact) mass is 347 g/mol. The highest BCUT2D eigenvalue weighted by molar-refractivity contribution is 6.61. The van der Waals surface area contributed by atoms with Crippen molar-refractivity contribution in [3.63, 3.8) is 0 Å². The van der Waals surface area contributed by atoms with E-state index in [2.05, 4.69) is 43.0 Å². The summed E-state index contributed by atoms with van der Waals surface area (Å²) in [6.45, 7) is 10.3. The molecule has 0 saturated carbocycles. The molecule has 1 saturated heterocycles. The first-order valence-corrected chi connectivity index (χ1v) is 9.48. The van der Waals surface area contributed by atoms with Gasteiger partial charge >= 0.3 is 7.12 Å². The molecule has 0 spiro atoms. The van der Waals surface area contributed by atoms with Gasteiger partial charge in [-0.1, -0.05) is 38.1 Å². The van der Waals surface area contributed by atoms with Crippen molar-refractivity contribution in [2.45, 2.75) is 39.7 Å². The largest absolute Gasteiger partial charge is 0.493 e. The lowest BCUT2D eigenvalue weighted by Gasteiger charge is -2.33. The first-order chi connectivity index (χ1) is 12.0. The Kier molecular flexibility index (Phi) is 8.39. The van der Waals surface area contributed by atoms with Crippen molar-refractivity contribution in [3.05, 3.63) is 29.8 Å². The molecule has 1 aromatic rings. The zero-order valence-corrected chi connectivity index (χ0v) is 15.9. The van der Waals surface area contributed by atoms with Crippen LogP contribution in [0.3, 0.4) is 0 Å². The van der Waals surface area contributed by atoms with E-state index < -0.39 is 0 Å². The summed E-state index contributed by atoms with van der Waals surface area (Å²) in [5.41, 5.74) is 13.8. The van der Waals surface area contributed by atoms with Crippen LogP contribution in [0.2, 0.25) is 0 Å². The van der Waals surface area contributed by atoms with Crippen LogP contribution >= 0.6 is 0 Å². The van der Waals surface area contributed by atoms with E-state index in [4.69, 9.17) is 20.8 Å². The summed E-state index contributed by atoms with van der Waals surface area (Å²) in [6, 6.07) is 8.61. The van der Waals surface area contributed by atoms with E-state index in [1.807, 2.05) is 0 Å². The molecule has 5 nitrogen and oxygen atoms in total. The lowest BCUT2D eigenvalue weighted by Crippen LogP contribution is -2.47. The SMILES string of the molecule is CC1(C)COB(c2ccc(CN(CCCN)CCCCN)cc2)OC1. The Bertz CT molecular complexity index is 486. The summed E-state index contributed by atoms with van der Waals surface area (Å²) >= 11 is 0. The smallest absolute Gasteiger partial charge is 0.407 e. The van der Waals surface area contributed by atoms with Crippen molar-refractivity contribution in [1.29, 1.82) is 0 Å². The van der Waals surface area contributed by atoms with Crippen LogP contribution in [-0.4, -0.2) is 51.4 Å². The van der Waals surface area contributed by atoms with E-state index in [0.29, 0.717) is 0 Å². The van der Waals surface area contributed by atoms with Crippen LogP contribution in [0.5, 0.6) is 0 Å². The van der Waals surface area contributed by atoms with Crippen LogP contribution in [0, 0.1) is 5.41 Å². The quantitative estimate of drug-likeness (QED) is 0.494. The van der Waals surface area contributed by atoms with Crippen LogP contribution in [-0.2, 0) is 15.9 Å². The molecule has 0 aromatic heterocycles. The lowest BCUT2D eigenvalue weighted by molar-refractivity contribution is 0.0343. The molecule has 0 bridgehead atoms. The normalized spacial score (nSPS) is 17.2. The summed E-state index contributed by atoms with van der Waals surface area (Å²) in [5, 5.41) is 0. The summed E-state index contributed by atoms with van der Waals surface area (Å²) in [6.07, 6.45) is 3.24. The molecule has 0 atom stereocenters. The van der Waals surface area contributed by atoms with Crippen LogP contribution in [0.4, 0.5) is 0 Å². The summed E-state index contributed by atoms with van der Waals surface area (Å²) in [5.74, 6) is 0. The number of benzene rings is 1. The second-order valence-electron chi connectivity index (χ2n) is 7.77. The Balaban J connectivity index is 1.88. The van der Waals surface area contributed by atoms with Crippen molar-refractivity contribution in [1.82, 2.24) is 4.90 Å². The van der Waals surface area contributed by atoms with Gasteiger partial charge < -0.3 is 20.8 Å². The fraction of sp³-hybridized carbons (Fsp3) is 0.684. The maximum Gasteiger partial charge on any atom is 0.493 e. The molecule has 25 heavy (non-hydrogen) atoms. The number of nitrogens with zero attached hydrogens (tertiary/aromatic N) is 1. The third-order valence-electron chi connectivity index (χ3n) is 4.52. The predicted molar refractivity (Wildman–Crippen MR) is 105 cm³/mol. The van der Waals surface area contributed by atoms with Crippen LogP contribution < -0.4 is 16.9 Å². The van der Waals surface area contributed by atoms with Gasteiger partial charge in [0.1, 0.15) is 0 Å². The molecular weight excluding hydrogens is 313 g/mol. The first-order valence-electron chi connectivity index (χ1n) is 9.48. The van der Waals surface area contributed by atoms with Crippen LogP contribution in [0.15, 0.2) is 24.3 Å². The maximum absolute atomic E-state index is 5.86. The second-order valence-corrected chi connectivity index (χ2v) is 7.77. The van der Waals surface area contributed by atoms with Gasteiger partial charge in [0.25, 0.3) is 0 Å². The standard InChI is InChI=1S/C19H34BN3O2/c1-19(2)15-24-20(25-16-19)18-8-6-17(7-9-18)14-23(13-5-11-22)12-4-3-10-21/h6-9H,3-5,10-16,21-22H2,1-2H3. The molecule has 0 aliphatic carbocycles. The Morgan fingerprint density at radius 3 is 2.16 bits per heavy atom. The van der Waals surface area contributed by atoms with E-state index in [-0.39, 0.29) is 12.5 Å². The molecule has 4 N–H and O–H groups in total. The molecule has 0 unspecified atom stereocenters. The number of hydrogen-bond acceptors (Lipinski definition) is 5. The lowest BCUT2D eigenvalue weighted by atomic mass is 9.75. The molecule has 6 heteroatoms. The Hall–Kier alpha value is -0.915. The molecule has 1 aliphatic heterocycles. The predicted octanol–water partition coefficient (Wildman–Crippen LogP) is 1.34. The van der Waals surface area contributed by atoms with Crippen molar-refractivity contribution in [2.75, 3.05) is 39.4 Å². The van der Waals surface area contributed by atoms with Gasteiger partial charge in [-0.05, 0) is 56.5 Å². The third kappa shape index (κ3) is 7.08. The van der Waals surface area contributed by atoms with E-state index >= 15 is 0 Å². The van der Waals surface area contributed by atoms with Crippen LogP contribution in [0.1, 0.15) is 38.7 Å². The average molecular weight is 347 g/mol.